The number of hydrogen-bond acceptors (Lipinski definition) is 5. The molecule has 0 fully saturated rings. The van der Waals surface area contributed by atoms with Crippen molar-refractivity contribution in [3.05, 3.63) is 59.1 Å². The Kier molecular flexibility index (Phi) is 5.40. The molecule has 1 atom stereocenters. The molecule has 7 heteroatoms. The maximum absolute atomic E-state index is 12.3. The molecule has 0 bridgehead atoms. The minimum atomic E-state index is -0.377. The van der Waals surface area contributed by atoms with Gasteiger partial charge in [-0.3, -0.25) is 4.79 Å². The summed E-state index contributed by atoms with van der Waals surface area (Å²) < 4.78 is 5.62. The summed E-state index contributed by atoms with van der Waals surface area (Å²) in [6.07, 6.45) is 0. The molecule has 3 rings (SSSR count). The van der Waals surface area contributed by atoms with Gasteiger partial charge in [0.1, 0.15) is 0 Å². The SMILES string of the molecule is Cc1ccccc1NC(=O)C(C)Sc1nnc(-c2ccc(Cl)cc2)o1. The molecular weight excluding hydrogens is 358 g/mol. The van der Waals surface area contributed by atoms with E-state index in [2.05, 4.69) is 15.5 Å². The van der Waals surface area contributed by atoms with Crippen LogP contribution in [0.2, 0.25) is 5.02 Å². The number of benzene rings is 2. The highest BCUT2D eigenvalue weighted by molar-refractivity contribution is 8.00. The van der Waals surface area contributed by atoms with Crippen LogP contribution in [0.1, 0.15) is 12.5 Å². The van der Waals surface area contributed by atoms with E-state index in [-0.39, 0.29) is 11.2 Å². The monoisotopic (exact) mass is 373 g/mol. The van der Waals surface area contributed by atoms with Gasteiger partial charge in [0.15, 0.2) is 0 Å². The number of nitrogens with zero attached hydrogens (tertiary/aromatic N) is 2. The number of amides is 1. The van der Waals surface area contributed by atoms with Crippen LogP contribution in [0.25, 0.3) is 11.5 Å². The normalized spacial score (nSPS) is 12.0. The predicted molar refractivity (Wildman–Crippen MR) is 99.9 cm³/mol. The first-order valence-corrected chi connectivity index (χ1v) is 8.91. The third-order valence-electron chi connectivity index (χ3n) is 3.55. The molecule has 25 heavy (non-hydrogen) atoms. The van der Waals surface area contributed by atoms with E-state index in [9.17, 15) is 4.79 Å². The molecule has 0 radical (unpaired) electrons. The molecular formula is C18H16ClN3O2S. The van der Waals surface area contributed by atoms with Crippen LogP contribution in [0.3, 0.4) is 0 Å². The van der Waals surface area contributed by atoms with Gasteiger partial charge in [0.25, 0.3) is 5.22 Å². The highest BCUT2D eigenvalue weighted by Gasteiger charge is 2.19. The molecule has 0 saturated heterocycles. The Balaban J connectivity index is 1.65. The van der Waals surface area contributed by atoms with E-state index >= 15 is 0 Å². The molecule has 3 aromatic rings. The first-order valence-electron chi connectivity index (χ1n) is 7.65. The standard InChI is InChI=1S/C18H16ClN3O2S/c1-11-5-3-4-6-15(11)20-16(23)12(2)25-18-22-21-17(24-18)13-7-9-14(19)10-8-13/h3-10,12H,1-2H3,(H,20,23). The smallest absolute Gasteiger partial charge is 0.277 e. The van der Waals surface area contributed by atoms with Crippen molar-refractivity contribution in [2.24, 2.45) is 0 Å². The van der Waals surface area contributed by atoms with E-state index < -0.39 is 0 Å². The number of rotatable bonds is 5. The van der Waals surface area contributed by atoms with Gasteiger partial charge >= 0.3 is 0 Å². The van der Waals surface area contributed by atoms with E-state index in [1.165, 1.54) is 11.8 Å². The average Bonchev–Trinajstić information content (AvgIpc) is 3.06. The van der Waals surface area contributed by atoms with Crippen molar-refractivity contribution in [3.63, 3.8) is 0 Å². The average molecular weight is 374 g/mol. The van der Waals surface area contributed by atoms with Crippen molar-refractivity contribution < 1.29 is 9.21 Å². The number of halogens is 1. The van der Waals surface area contributed by atoms with Crippen LogP contribution < -0.4 is 5.32 Å². The molecule has 1 heterocycles. The van der Waals surface area contributed by atoms with Gasteiger partial charge < -0.3 is 9.73 Å². The van der Waals surface area contributed by atoms with Gasteiger partial charge in [0.2, 0.25) is 11.8 Å². The van der Waals surface area contributed by atoms with Crippen LogP contribution in [0.4, 0.5) is 5.69 Å². The summed E-state index contributed by atoms with van der Waals surface area (Å²) in [7, 11) is 0. The third-order valence-corrected chi connectivity index (χ3v) is 4.73. The fraction of sp³-hybridized carbons (Fsp3) is 0.167. The fourth-order valence-corrected chi connectivity index (χ4v) is 2.93. The highest BCUT2D eigenvalue weighted by atomic mass is 35.5. The summed E-state index contributed by atoms with van der Waals surface area (Å²) in [6.45, 7) is 3.74. The third kappa shape index (κ3) is 4.41. The quantitative estimate of drug-likeness (QED) is 0.649. The van der Waals surface area contributed by atoms with E-state index in [0.717, 1.165) is 16.8 Å². The molecule has 0 saturated carbocycles. The Morgan fingerprint density at radius 3 is 2.60 bits per heavy atom. The summed E-state index contributed by atoms with van der Waals surface area (Å²) in [5.74, 6) is 0.274. The lowest BCUT2D eigenvalue weighted by Gasteiger charge is -2.11. The van der Waals surface area contributed by atoms with Gasteiger partial charge in [0, 0.05) is 16.3 Å². The molecule has 0 aliphatic rings. The van der Waals surface area contributed by atoms with E-state index in [1.807, 2.05) is 31.2 Å². The molecule has 128 valence electrons. The lowest BCUT2D eigenvalue weighted by molar-refractivity contribution is -0.115. The molecule has 0 aliphatic carbocycles. The zero-order chi connectivity index (χ0) is 17.8. The maximum atomic E-state index is 12.3. The minimum absolute atomic E-state index is 0.120. The lowest BCUT2D eigenvalue weighted by Crippen LogP contribution is -2.22. The number of hydrogen-bond donors (Lipinski definition) is 1. The summed E-state index contributed by atoms with van der Waals surface area (Å²) in [6, 6.07) is 14.8. The van der Waals surface area contributed by atoms with Gasteiger partial charge in [-0.1, -0.05) is 41.6 Å². The van der Waals surface area contributed by atoms with Gasteiger partial charge in [-0.15, -0.1) is 10.2 Å². The molecule has 5 nitrogen and oxygen atoms in total. The molecule has 1 unspecified atom stereocenters. The van der Waals surface area contributed by atoms with Crippen LogP contribution in [-0.2, 0) is 4.79 Å². The van der Waals surface area contributed by atoms with Gasteiger partial charge in [-0.05, 0) is 49.7 Å². The van der Waals surface area contributed by atoms with E-state index in [4.69, 9.17) is 16.0 Å². The molecule has 2 aromatic carbocycles. The topological polar surface area (TPSA) is 68.0 Å². The van der Waals surface area contributed by atoms with Gasteiger partial charge in [0.05, 0.1) is 5.25 Å². The minimum Gasteiger partial charge on any atom is -0.411 e. The molecule has 1 N–H and O–H groups in total. The van der Waals surface area contributed by atoms with Crippen molar-refractivity contribution >= 4 is 35.0 Å². The zero-order valence-corrected chi connectivity index (χ0v) is 15.3. The number of thioether (sulfide) groups is 1. The number of anilines is 1. The largest absolute Gasteiger partial charge is 0.411 e. The molecule has 1 amide bonds. The van der Waals surface area contributed by atoms with Crippen molar-refractivity contribution in [2.45, 2.75) is 24.3 Å². The van der Waals surface area contributed by atoms with Crippen molar-refractivity contribution in [1.82, 2.24) is 10.2 Å². The first kappa shape index (κ1) is 17.5. The summed E-state index contributed by atoms with van der Waals surface area (Å²) in [5.41, 5.74) is 2.59. The lowest BCUT2D eigenvalue weighted by atomic mass is 10.2. The second kappa shape index (κ2) is 7.72. The number of carbonyl (C=O) groups excluding carboxylic acids is 1. The second-order valence-electron chi connectivity index (χ2n) is 5.44. The van der Waals surface area contributed by atoms with Crippen LogP contribution >= 0.6 is 23.4 Å². The first-order chi connectivity index (χ1) is 12.0. The number of aromatic nitrogens is 2. The van der Waals surface area contributed by atoms with Crippen molar-refractivity contribution in [2.75, 3.05) is 5.32 Å². The Morgan fingerprint density at radius 1 is 1.16 bits per heavy atom. The van der Waals surface area contributed by atoms with Gasteiger partial charge in [-0.2, -0.15) is 0 Å². The number of nitrogens with one attached hydrogen (secondary N) is 1. The van der Waals surface area contributed by atoms with Crippen LogP contribution in [0.5, 0.6) is 0 Å². The maximum Gasteiger partial charge on any atom is 0.277 e. The van der Waals surface area contributed by atoms with Crippen LogP contribution in [-0.4, -0.2) is 21.4 Å². The highest BCUT2D eigenvalue weighted by Crippen LogP contribution is 2.27. The van der Waals surface area contributed by atoms with Crippen molar-refractivity contribution in [3.8, 4) is 11.5 Å². The molecule has 1 aromatic heterocycles. The number of para-hydroxylation sites is 1. The fourth-order valence-electron chi connectivity index (χ4n) is 2.12. The van der Waals surface area contributed by atoms with Crippen LogP contribution in [0.15, 0.2) is 58.2 Å². The van der Waals surface area contributed by atoms with E-state index in [0.29, 0.717) is 16.1 Å². The summed E-state index contributed by atoms with van der Waals surface area (Å²) in [4.78, 5) is 12.3. The predicted octanol–water partition coefficient (Wildman–Crippen LogP) is 4.82. The molecule has 0 spiro atoms. The Hall–Kier alpha value is -2.31. The van der Waals surface area contributed by atoms with Crippen molar-refractivity contribution in [1.29, 1.82) is 0 Å². The zero-order valence-electron chi connectivity index (χ0n) is 13.7. The number of aryl methyl sites for hydroxylation is 1. The Labute approximate surface area is 154 Å². The van der Waals surface area contributed by atoms with E-state index in [1.54, 1.807) is 31.2 Å². The van der Waals surface area contributed by atoms with Gasteiger partial charge in [-0.25, -0.2) is 0 Å². The Bertz CT molecular complexity index is 880. The summed E-state index contributed by atoms with van der Waals surface area (Å²) in [5, 5.41) is 11.5. The second-order valence-corrected chi connectivity index (χ2v) is 7.17. The number of carbonyl (C=O) groups is 1. The summed E-state index contributed by atoms with van der Waals surface area (Å²) >= 11 is 7.09. The molecule has 0 aliphatic heterocycles. The Morgan fingerprint density at radius 2 is 1.88 bits per heavy atom. The van der Waals surface area contributed by atoms with Crippen LogP contribution in [0, 0.1) is 6.92 Å².